The lowest BCUT2D eigenvalue weighted by molar-refractivity contribution is -0.0672. The summed E-state index contributed by atoms with van der Waals surface area (Å²) in [5.74, 6) is 1.64. The van der Waals surface area contributed by atoms with Crippen LogP contribution in [0.3, 0.4) is 0 Å². The molecule has 2 atom stereocenters. The Kier molecular flexibility index (Phi) is 5.17. The molecule has 0 radical (unpaired) electrons. The molecular formula is C23H23FN4O2S. The van der Waals surface area contributed by atoms with E-state index in [4.69, 9.17) is 4.74 Å². The third kappa shape index (κ3) is 3.69. The molecule has 6 rings (SSSR count). The van der Waals surface area contributed by atoms with Crippen molar-refractivity contribution in [3.05, 3.63) is 59.2 Å². The SMILES string of the molecule is Cc1nc(C(=O)N2C3CC(C3)[C@H](C)C2COc2ccc(F)cc2)c(-c2ncccn2)s1. The van der Waals surface area contributed by atoms with E-state index < -0.39 is 0 Å². The zero-order valence-electron chi connectivity index (χ0n) is 17.4. The van der Waals surface area contributed by atoms with Crippen LogP contribution in [0.4, 0.5) is 4.39 Å². The van der Waals surface area contributed by atoms with Gasteiger partial charge in [-0.1, -0.05) is 6.92 Å². The van der Waals surface area contributed by atoms with Crippen LogP contribution in [0.1, 0.15) is 35.3 Å². The third-order valence-electron chi connectivity index (χ3n) is 6.43. The molecule has 160 valence electrons. The van der Waals surface area contributed by atoms with Crippen molar-refractivity contribution >= 4 is 17.2 Å². The van der Waals surface area contributed by atoms with Gasteiger partial charge in [0.2, 0.25) is 0 Å². The maximum Gasteiger partial charge on any atom is 0.274 e. The Hall–Kier alpha value is -2.87. The summed E-state index contributed by atoms with van der Waals surface area (Å²) in [5, 5.41) is 0.807. The average Bonchev–Trinajstić information content (AvgIpc) is 3.14. The van der Waals surface area contributed by atoms with Gasteiger partial charge in [0.25, 0.3) is 5.91 Å². The quantitative estimate of drug-likeness (QED) is 0.592. The highest BCUT2D eigenvalue weighted by Gasteiger charge is 2.51. The van der Waals surface area contributed by atoms with Crippen LogP contribution < -0.4 is 4.74 Å². The van der Waals surface area contributed by atoms with Gasteiger partial charge in [0.05, 0.1) is 11.0 Å². The minimum Gasteiger partial charge on any atom is -0.491 e. The topological polar surface area (TPSA) is 68.2 Å². The second kappa shape index (κ2) is 8.00. The number of hydrogen-bond acceptors (Lipinski definition) is 6. The molecule has 1 saturated carbocycles. The van der Waals surface area contributed by atoms with Crippen molar-refractivity contribution < 1.29 is 13.9 Å². The molecule has 2 saturated heterocycles. The first-order valence-corrected chi connectivity index (χ1v) is 11.3. The van der Waals surface area contributed by atoms with Crippen LogP contribution in [-0.4, -0.2) is 44.4 Å². The van der Waals surface area contributed by atoms with Crippen LogP contribution in [0, 0.1) is 24.6 Å². The standard InChI is InChI=1S/C23H23FN4O2S/c1-13-15-10-17(11-15)28(19(13)12-30-18-6-4-16(24)5-7-18)23(29)20-21(31-14(2)27-20)22-25-8-3-9-26-22/h3-9,13,15,17,19H,10-12H2,1-2H3/t13-,15?,17?,19?/m0/s1. The minimum atomic E-state index is -0.300. The van der Waals surface area contributed by atoms with Crippen LogP contribution in [0.5, 0.6) is 5.75 Å². The molecule has 2 aromatic heterocycles. The fraction of sp³-hybridized carbons (Fsp3) is 0.391. The van der Waals surface area contributed by atoms with Gasteiger partial charge in [-0.3, -0.25) is 4.79 Å². The van der Waals surface area contributed by atoms with Crippen molar-refractivity contribution in [2.75, 3.05) is 6.61 Å². The predicted octanol–water partition coefficient (Wildman–Crippen LogP) is 4.37. The van der Waals surface area contributed by atoms with Crippen molar-refractivity contribution in [1.29, 1.82) is 0 Å². The maximum absolute atomic E-state index is 13.8. The van der Waals surface area contributed by atoms with Crippen molar-refractivity contribution in [2.24, 2.45) is 11.8 Å². The summed E-state index contributed by atoms with van der Waals surface area (Å²) in [6.07, 6.45) is 5.37. The van der Waals surface area contributed by atoms with Crippen LogP contribution in [0.2, 0.25) is 0 Å². The van der Waals surface area contributed by atoms with Gasteiger partial charge < -0.3 is 9.64 Å². The molecule has 1 aromatic carbocycles. The number of nitrogens with zero attached hydrogens (tertiary/aromatic N) is 4. The monoisotopic (exact) mass is 438 g/mol. The Bertz CT molecular complexity index is 1080. The normalized spacial score (nSPS) is 24.5. The largest absolute Gasteiger partial charge is 0.491 e. The summed E-state index contributed by atoms with van der Waals surface area (Å²) >= 11 is 1.44. The molecule has 31 heavy (non-hydrogen) atoms. The van der Waals surface area contributed by atoms with E-state index in [1.807, 2.05) is 11.8 Å². The lowest BCUT2D eigenvalue weighted by Crippen LogP contribution is -2.64. The van der Waals surface area contributed by atoms with Crippen LogP contribution in [0.15, 0.2) is 42.7 Å². The Morgan fingerprint density at radius 1 is 1.23 bits per heavy atom. The number of aromatic nitrogens is 3. The van der Waals surface area contributed by atoms with Crippen molar-refractivity contribution in [3.63, 3.8) is 0 Å². The Morgan fingerprint density at radius 3 is 2.65 bits per heavy atom. The molecule has 1 amide bonds. The number of carbonyl (C=O) groups excluding carboxylic acids is 1. The number of amides is 1. The third-order valence-corrected chi connectivity index (χ3v) is 7.39. The van der Waals surface area contributed by atoms with E-state index in [-0.39, 0.29) is 23.8 Å². The summed E-state index contributed by atoms with van der Waals surface area (Å²) in [6.45, 7) is 4.44. The molecule has 1 unspecified atom stereocenters. The van der Waals surface area contributed by atoms with Crippen molar-refractivity contribution in [2.45, 2.75) is 38.8 Å². The van der Waals surface area contributed by atoms with Gasteiger partial charge in [-0.05, 0) is 61.9 Å². The van der Waals surface area contributed by atoms with Gasteiger partial charge in [0, 0.05) is 18.4 Å². The number of thiazole rings is 1. The van der Waals surface area contributed by atoms with Gasteiger partial charge in [0.15, 0.2) is 11.5 Å². The molecule has 8 heteroatoms. The second-order valence-electron chi connectivity index (χ2n) is 8.27. The first-order chi connectivity index (χ1) is 15.0. The number of carbonyl (C=O) groups is 1. The number of aryl methyl sites for hydroxylation is 1. The number of piperidine rings is 2. The predicted molar refractivity (Wildman–Crippen MR) is 115 cm³/mol. The highest BCUT2D eigenvalue weighted by molar-refractivity contribution is 7.15. The maximum atomic E-state index is 13.8. The molecule has 1 aliphatic carbocycles. The van der Waals surface area contributed by atoms with E-state index in [0.717, 1.165) is 17.8 Å². The number of hydrogen-bond donors (Lipinski definition) is 0. The summed E-state index contributed by atoms with van der Waals surface area (Å²) in [5.41, 5.74) is 0.415. The van der Waals surface area contributed by atoms with Crippen LogP contribution in [-0.2, 0) is 0 Å². The Morgan fingerprint density at radius 2 is 1.94 bits per heavy atom. The van der Waals surface area contributed by atoms with E-state index in [2.05, 4.69) is 21.9 Å². The number of ether oxygens (including phenoxy) is 1. The zero-order valence-corrected chi connectivity index (χ0v) is 18.2. The fourth-order valence-corrected chi connectivity index (χ4v) is 5.51. The lowest BCUT2D eigenvalue weighted by Gasteiger charge is -2.57. The van der Waals surface area contributed by atoms with Crippen LogP contribution >= 0.6 is 11.3 Å². The molecule has 4 heterocycles. The first-order valence-electron chi connectivity index (χ1n) is 10.5. The van der Waals surface area contributed by atoms with E-state index in [9.17, 15) is 9.18 Å². The van der Waals surface area contributed by atoms with E-state index in [1.165, 1.54) is 23.5 Å². The molecule has 2 bridgehead atoms. The minimum absolute atomic E-state index is 0.0680. The molecule has 0 spiro atoms. The smallest absolute Gasteiger partial charge is 0.274 e. The average molecular weight is 439 g/mol. The highest BCUT2D eigenvalue weighted by atomic mass is 32.1. The Labute approximate surface area is 184 Å². The van der Waals surface area contributed by atoms with E-state index in [1.54, 1.807) is 30.6 Å². The summed E-state index contributed by atoms with van der Waals surface area (Å²) in [4.78, 5) is 29.7. The van der Waals surface area contributed by atoms with Gasteiger partial charge in [-0.25, -0.2) is 19.3 Å². The van der Waals surface area contributed by atoms with E-state index in [0.29, 0.717) is 40.6 Å². The van der Waals surface area contributed by atoms with Gasteiger partial charge >= 0.3 is 0 Å². The van der Waals surface area contributed by atoms with E-state index >= 15 is 0 Å². The Balaban J connectivity index is 1.43. The van der Waals surface area contributed by atoms with Crippen molar-refractivity contribution in [3.8, 4) is 16.5 Å². The van der Waals surface area contributed by atoms with Gasteiger partial charge in [-0.15, -0.1) is 11.3 Å². The number of fused-ring (bicyclic) bond motifs is 2. The molecular weight excluding hydrogens is 415 g/mol. The first kappa shape index (κ1) is 20.1. The number of benzene rings is 1. The van der Waals surface area contributed by atoms with Gasteiger partial charge in [0.1, 0.15) is 23.1 Å². The number of halogens is 1. The lowest BCUT2D eigenvalue weighted by atomic mass is 9.64. The molecule has 3 aromatic rings. The van der Waals surface area contributed by atoms with Crippen molar-refractivity contribution in [1.82, 2.24) is 19.9 Å². The summed E-state index contributed by atoms with van der Waals surface area (Å²) in [7, 11) is 0. The molecule has 3 fully saturated rings. The molecule has 6 nitrogen and oxygen atoms in total. The van der Waals surface area contributed by atoms with Crippen LogP contribution in [0.25, 0.3) is 10.7 Å². The molecule has 2 aliphatic heterocycles. The zero-order chi connectivity index (χ0) is 21.5. The number of rotatable bonds is 5. The summed E-state index contributed by atoms with van der Waals surface area (Å²) in [6, 6.07) is 7.87. The summed E-state index contributed by atoms with van der Waals surface area (Å²) < 4.78 is 19.2. The second-order valence-corrected chi connectivity index (χ2v) is 9.48. The van der Waals surface area contributed by atoms with Gasteiger partial charge in [-0.2, -0.15) is 0 Å². The highest BCUT2D eigenvalue weighted by Crippen LogP contribution is 2.47. The fourth-order valence-electron chi connectivity index (χ4n) is 4.65. The molecule has 3 aliphatic rings. The molecule has 0 N–H and O–H groups in total.